The van der Waals surface area contributed by atoms with Gasteiger partial charge in [-0.05, 0) is 26.0 Å². The Balaban J connectivity index is 2.84. The van der Waals surface area contributed by atoms with Gasteiger partial charge in [0, 0.05) is 0 Å². The lowest BCUT2D eigenvalue weighted by molar-refractivity contribution is -0.258. The smallest absolute Gasteiger partial charge is 0.383 e. The largest absolute Gasteiger partial charge is 0.422 e. The van der Waals surface area contributed by atoms with Crippen molar-refractivity contribution in [3.8, 4) is 11.8 Å². The number of alkyl halides is 6. The van der Waals surface area contributed by atoms with Crippen LogP contribution in [0.1, 0.15) is 30.7 Å². The molecule has 2 aromatic rings. The maximum Gasteiger partial charge on any atom is 0.422 e. The van der Waals surface area contributed by atoms with Crippen molar-refractivity contribution < 1.29 is 45.1 Å². The van der Waals surface area contributed by atoms with Crippen LogP contribution in [0.2, 0.25) is 10.0 Å². The lowest BCUT2D eigenvalue weighted by atomic mass is 9.94. The Morgan fingerprint density at radius 2 is 1.63 bits per heavy atom. The second-order valence-corrected chi connectivity index (χ2v) is 9.75. The number of nitriles is 1. The fraction of sp³-hybridized carbons (Fsp3) is 0.444. The molecule has 0 aliphatic heterocycles. The Labute approximate surface area is 204 Å². The van der Waals surface area contributed by atoms with Gasteiger partial charge in [-0.15, -0.1) is 0 Å². The molecule has 0 radical (unpaired) electrons. The summed E-state index contributed by atoms with van der Waals surface area (Å²) in [5.74, 6) is -1.05. The van der Waals surface area contributed by atoms with Gasteiger partial charge in [0.1, 0.15) is 17.6 Å². The topological polar surface area (TPSA) is 123 Å². The highest BCUT2D eigenvalue weighted by atomic mass is 35.5. The first-order chi connectivity index (χ1) is 16.0. The SMILES string of the molecule is CCOP(=O)(CC(O)(c1c(C#N)nn(-c2c(Cl)cc(C(F)(F)F)cc2Cl)c1N)C(F)(F)F)OCC. The van der Waals surface area contributed by atoms with E-state index in [1.54, 1.807) is 0 Å². The molecule has 3 N–H and O–H groups in total. The second kappa shape index (κ2) is 10.2. The van der Waals surface area contributed by atoms with Crippen molar-refractivity contribution in [3.05, 3.63) is 39.0 Å². The molecule has 194 valence electrons. The van der Waals surface area contributed by atoms with E-state index >= 15 is 0 Å². The van der Waals surface area contributed by atoms with Crippen LogP contribution in [-0.2, 0) is 25.4 Å². The summed E-state index contributed by atoms with van der Waals surface area (Å²) in [5.41, 5.74) is -2.58. The van der Waals surface area contributed by atoms with Crippen LogP contribution in [0.15, 0.2) is 12.1 Å². The van der Waals surface area contributed by atoms with Crippen molar-refractivity contribution in [2.45, 2.75) is 31.8 Å². The van der Waals surface area contributed by atoms with Gasteiger partial charge >= 0.3 is 19.9 Å². The average Bonchev–Trinajstić information content (AvgIpc) is 3.02. The number of aromatic nitrogens is 2. The monoisotopic (exact) mass is 568 g/mol. The Morgan fingerprint density at radius 1 is 1.14 bits per heavy atom. The molecule has 1 aromatic carbocycles. The molecular weight excluding hydrogens is 552 g/mol. The number of nitrogens with zero attached hydrogens (tertiary/aromatic N) is 3. The number of hydrogen-bond acceptors (Lipinski definition) is 7. The van der Waals surface area contributed by atoms with Gasteiger partial charge in [-0.25, -0.2) is 4.68 Å². The summed E-state index contributed by atoms with van der Waals surface area (Å²) in [6, 6.07) is 2.16. The van der Waals surface area contributed by atoms with E-state index in [4.69, 9.17) is 38.0 Å². The van der Waals surface area contributed by atoms with E-state index in [2.05, 4.69) is 5.10 Å². The third kappa shape index (κ3) is 5.71. The van der Waals surface area contributed by atoms with Gasteiger partial charge < -0.3 is 19.9 Å². The molecule has 17 heteroatoms. The minimum atomic E-state index is -5.60. The first kappa shape index (κ1) is 29.2. The number of hydrogen-bond donors (Lipinski definition) is 2. The Bertz CT molecular complexity index is 1160. The molecule has 0 fully saturated rings. The Kier molecular flexibility index (Phi) is 8.48. The lowest BCUT2D eigenvalue weighted by Gasteiger charge is -2.33. The van der Waals surface area contributed by atoms with Crippen molar-refractivity contribution in [3.63, 3.8) is 0 Å². The fourth-order valence-corrected chi connectivity index (χ4v) is 5.72. The maximum absolute atomic E-state index is 14.2. The van der Waals surface area contributed by atoms with Crippen LogP contribution in [-0.4, -0.2) is 40.4 Å². The summed E-state index contributed by atoms with van der Waals surface area (Å²) in [4.78, 5) is 0. The lowest BCUT2D eigenvalue weighted by Crippen LogP contribution is -2.46. The molecule has 0 aliphatic rings. The first-order valence-corrected chi connectivity index (χ1v) is 12.0. The van der Waals surface area contributed by atoms with Crippen LogP contribution in [0.3, 0.4) is 0 Å². The number of aliphatic hydroxyl groups is 1. The molecule has 0 saturated heterocycles. The van der Waals surface area contributed by atoms with Crippen molar-refractivity contribution >= 4 is 36.6 Å². The maximum atomic E-state index is 14.2. The zero-order chi connectivity index (χ0) is 27.0. The molecule has 0 spiro atoms. The zero-order valence-electron chi connectivity index (χ0n) is 17.8. The van der Waals surface area contributed by atoms with Crippen LogP contribution in [0.5, 0.6) is 0 Å². The van der Waals surface area contributed by atoms with Crippen molar-refractivity contribution in [1.82, 2.24) is 9.78 Å². The van der Waals surface area contributed by atoms with E-state index in [0.29, 0.717) is 16.8 Å². The van der Waals surface area contributed by atoms with Crippen molar-refractivity contribution in [1.29, 1.82) is 5.26 Å². The summed E-state index contributed by atoms with van der Waals surface area (Å²) in [6.45, 7) is 1.95. The number of anilines is 1. The molecule has 35 heavy (non-hydrogen) atoms. The highest BCUT2D eigenvalue weighted by Crippen LogP contribution is 2.57. The van der Waals surface area contributed by atoms with Gasteiger partial charge in [-0.3, -0.25) is 4.57 Å². The fourth-order valence-electron chi connectivity index (χ4n) is 3.13. The molecule has 0 bridgehead atoms. The number of rotatable bonds is 8. The number of nitrogen functional groups attached to an aromatic ring is 1. The zero-order valence-corrected chi connectivity index (χ0v) is 20.2. The summed E-state index contributed by atoms with van der Waals surface area (Å²) in [6.07, 6.45) is -12.2. The molecule has 1 heterocycles. The van der Waals surface area contributed by atoms with Crippen molar-refractivity contribution in [2.75, 3.05) is 25.1 Å². The molecule has 0 saturated carbocycles. The summed E-state index contributed by atoms with van der Waals surface area (Å²) >= 11 is 11.8. The van der Waals surface area contributed by atoms with E-state index in [1.165, 1.54) is 19.9 Å². The standard InChI is InChI=1S/C18H17Cl2F6N4O4P/c1-3-33-35(32,34-4-2)8-16(31,18(24,25)26)13-12(7-27)29-30(15(13)28)14-10(19)5-9(6-11(14)20)17(21,22)23/h5-6,31H,3-4,8,28H2,1-2H3. The predicted octanol–water partition coefficient (Wildman–Crippen LogP) is 5.67. The Morgan fingerprint density at radius 3 is 2.00 bits per heavy atom. The molecular formula is C18H17Cl2F6N4O4P. The number of nitrogens with two attached hydrogens (primary N) is 1. The number of benzene rings is 1. The molecule has 1 unspecified atom stereocenters. The van der Waals surface area contributed by atoms with Gasteiger partial charge in [-0.2, -0.15) is 36.7 Å². The first-order valence-electron chi connectivity index (χ1n) is 9.48. The van der Waals surface area contributed by atoms with Crippen LogP contribution in [0.25, 0.3) is 5.69 Å². The van der Waals surface area contributed by atoms with E-state index in [0.717, 1.165) is 0 Å². The van der Waals surface area contributed by atoms with Crippen LogP contribution >= 0.6 is 30.8 Å². The quantitative estimate of drug-likeness (QED) is 0.310. The van der Waals surface area contributed by atoms with Gasteiger partial charge in [0.2, 0.25) is 5.60 Å². The minimum Gasteiger partial charge on any atom is -0.383 e. The van der Waals surface area contributed by atoms with Crippen LogP contribution in [0.4, 0.5) is 32.2 Å². The van der Waals surface area contributed by atoms with Crippen LogP contribution in [0, 0.1) is 11.3 Å². The summed E-state index contributed by atoms with van der Waals surface area (Å²) in [5, 5.41) is 22.3. The van der Waals surface area contributed by atoms with Gasteiger partial charge in [0.15, 0.2) is 5.69 Å². The molecule has 0 amide bonds. The average molecular weight is 569 g/mol. The van der Waals surface area contributed by atoms with Gasteiger partial charge in [0.25, 0.3) is 0 Å². The molecule has 1 aromatic heterocycles. The molecule has 1 atom stereocenters. The minimum absolute atomic E-state index is 0.345. The molecule has 8 nitrogen and oxygen atoms in total. The summed E-state index contributed by atoms with van der Waals surface area (Å²) in [7, 11) is -4.61. The van der Waals surface area contributed by atoms with Gasteiger partial charge in [-0.1, -0.05) is 23.2 Å². The Hall–Kier alpha value is -2.01. The van der Waals surface area contributed by atoms with E-state index in [-0.39, 0.29) is 13.2 Å². The van der Waals surface area contributed by atoms with E-state index in [9.17, 15) is 41.3 Å². The third-order valence-corrected chi connectivity index (χ3v) is 7.26. The predicted molar refractivity (Wildman–Crippen MR) is 113 cm³/mol. The van der Waals surface area contributed by atoms with E-state index in [1.807, 2.05) is 0 Å². The van der Waals surface area contributed by atoms with Crippen LogP contribution < -0.4 is 5.73 Å². The second-order valence-electron chi connectivity index (χ2n) is 6.88. The number of halogens is 8. The van der Waals surface area contributed by atoms with E-state index < -0.39 is 70.1 Å². The molecule has 2 rings (SSSR count). The molecule has 0 aliphatic carbocycles. The highest BCUT2D eigenvalue weighted by molar-refractivity contribution is 7.53. The van der Waals surface area contributed by atoms with Gasteiger partial charge in [0.05, 0.1) is 40.5 Å². The normalized spacial score (nSPS) is 14.6. The van der Waals surface area contributed by atoms with Crippen molar-refractivity contribution in [2.24, 2.45) is 0 Å². The third-order valence-electron chi connectivity index (χ3n) is 4.54. The highest BCUT2D eigenvalue weighted by Gasteiger charge is 2.61. The summed E-state index contributed by atoms with van der Waals surface area (Å²) < 4.78 is 105.